The second kappa shape index (κ2) is 6.17. The number of hydrogen-bond donors (Lipinski definition) is 1. The maximum Gasteiger partial charge on any atom is 0.0681 e. The van der Waals surface area contributed by atoms with Crippen LogP contribution < -0.4 is 0 Å². The van der Waals surface area contributed by atoms with Crippen molar-refractivity contribution >= 4 is 21.4 Å². The summed E-state index contributed by atoms with van der Waals surface area (Å²) >= 11 is 1.84. The summed E-state index contributed by atoms with van der Waals surface area (Å²) in [6, 6.07) is 8.67. The van der Waals surface area contributed by atoms with Crippen LogP contribution in [0.1, 0.15) is 31.7 Å². The topological polar surface area (TPSA) is 32.7 Å². The van der Waals surface area contributed by atoms with Gasteiger partial charge in [-0.15, -0.1) is 11.3 Å². The molecule has 3 nitrogen and oxygen atoms in total. The number of hydrogen-bond acceptors (Lipinski definition) is 4. The number of ether oxygens (including phenoxy) is 1. The fourth-order valence-electron chi connectivity index (χ4n) is 4.34. The summed E-state index contributed by atoms with van der Waals surface area (Å²) in [5, 5.41) is 14.0. The lowest BCUT2D eigenvalue weighted by Gasteiger charge is -2.56. The van der Waals surface area contributed by atoms with E-state index in [1.165, 1.54) is 15.6 Å². The molecule has 1 aromatic heterocycles. The van der Waals surface area contributed by atoms with Crippen molar-refractivity contribution in [2.75, 3.05) is 19.7 Å². The monoisotopic (exact) mass is 331 g/mol. The first kappa shape index (κ1) is 15.6. The molecule has 0 amide bonds. The molecule has 124 valence electrons. The van der Waals surface area contributed by atoms with Gasteiger partial charge in [0.25, 0.3) is 0 Å². The number of rotatable bonds is 4. The van der Waals surface area contributed by atoms with E-state index in [-0.39, 0.29) is 17.6 Å². The number of aliphatic hydroxyl groups is 1. The lowest BCUT2D eigenvalue weighted by molar-refractivity contribution is -0.209. The first-order chi connectivity index (χ1) is 11.2. The molecule has 1 saturated carbocycles. The molecule has 4 heteroatoms. The summed E-state index contributed by atoms with van der Waals surface area (Å²) in [5.74, 6) is 0. The fourth-order valence-corrected chi connectivity index (χ4v) is 5.29. The van der Waals surface area contributed by atoms with Crippen LogP contribution in [-0.2, 0) is 11.3 Å². The molecule has 2 aromatic rings. The van der Waals surface area contributed by atoms with Gasteiger partial charge in [0.1, 0.15) is 0 Å². The van der Waals surface area contributed by atoms with Gasteiger partial charge in [0.15, 0.2) is 0 Å². The molecule has 1 aliphatic heterocycles. The van der Waals surface area contributed by atoms with E-state index < -0.39 is 0 Å². The third kappa shape index (κ3) is 2.62. The largest absolute Gasteiger partial charge is 0.392 e. The van der Waals surface area contributed by atoms with Crippen molar-refractivity contribution in [3.8, 4) is 0 Å². The summed E-state index contributed by atoms with van der Waals surface area (Å²) in [4.78, 5) is 2.54. The molecule has 2 fully saturated rings. The van der Waals surface area contributed by atoms with E-state index in [0.717, 1.165) is 45.5 Å². The fraction of sp³-hybridized carbons (Fsp3) is 0.579. The van der Waals surface area contributed by atoms with Crippen molar-refractivity contribution in [1.82, 2.24) is 4.90 Å². The third-order valence-electron chi connectivity index (χ3n) is 5.85. The Morgan fingerprint density at radius 2 is 2.09 bits per heavy atom. The van der Waals surface area contributed by atoms with Gasteiger partial charge in [-0.25, -0.2) is 0 Å². The van der Waals surface area contributed by atoms with Crippen molar-refractivity contribution in [3.63, 3.8) is 0 Å². The van der Waals surface area contributed by atoms with Crippen LogP contribution >= 0.6 is 11.3 Å². The van der Waals surface area contributed by atoms with Gasteiger partial charge in [-0.05, 0) is 55.3 Å². The van der Waals surface area contributed by atoms with Crippen molar-refractivity contribution in [1.29, 1.82) is 0 Å². The number of nitrogens with zero attached hydrogens (tertiary/aromatic N) is 1. The zero-order chi connectivity index (χ0) is 15.9. The zero-order valence-corrected chi connectivity index (χ0v) is 14.5. The number of piperidine rings is 1. The minimum absolute atomic E-state index is 0.0310. The van der Waals surface area contributed by atoms with Gasteiger partial charge in [-0.3, -0.25) is 4.90 Å². The van der Waals surface area contributed by atoms with Gasteiger partial charge in [0.05, 0.1) is 12.2 Å². The van der Waals surface area contributed by atoms with E-state index in [2.05, 4.69) is 41.5 Å². The average Bonchev–Trinajstić information content (AvgIpc) is 2.99. The molecule has 0 radical (unpaired) electrons. The van der Waals surface area contributed by atoms with Crippen LogP contribution in [0.25, 0.3) is 10.1 Å². The summed E-state index contributed by atoms with van der Waals surface area (Å²) in [6.45, 7) is 5.95. The Labute approximate surface area is 141 Å². The number of likely N-dealkylation sites (tertiary alicyclic amines) is 1. The molecule has 4 rings (SSSR count). The Balaban J connectivity index is 1.42. The van der Waals surface area contributed by atoms with Gasteiger partial charge < -0.3 is 9.84 Å². The van der Waals surface area contributed by atoms with Crippen LogP contribution in [0.5, 0.6) is 0 Å². The zero-order valence-electron chi connectivity index (χ0n) is 13.7. The van der Waals surface area contributed by atoms with E-state index in [1.807, 2.05) is 11.3 Å². The molecule has 2 unspecified atom stereocenters. The Morgan fingerprint density at radius 1 is 1.30 bits per heavy atom. The molecule has 23 heavy (non-hydrogen) atoms. The first-order valence-corrected chi connectivity index (χ1v) is 9.58. The maximum absolute atomic E-state index is 10.3. The maximum atomic E-state index is 10.3. The molecule has 2 heterocycles. The highest BCUT2D eigenvalue weighted by Crippen LogP contribution is 2.51. The SMILES string of the molecule is CCOC1CC(O)C12CCN(Cc1csc3ccccc13)CC2. The lowest BCUT2D eigenvalue weighted by atomic mass is 9.58. The minimum Gasteiger partial charge on any atom is -0.392 e. The molecule has 2 aliphatic rings. The second-order valence-electron chi connectivity index (χ2n) is 6.96. The standard InChI is InChI=1S/C19H25NO2S/c1-2-22-18-11-17(21)19(18)7-9-20(10-8-19)12-14-13-23-16-6-4-3-5-15(14)16/h3-6,13,17-18,21H,2,7-12H2,1H3. The molecule has 1 aliphatic carbocycles. The highest BCUT2D eigenvalue weighted by molar-refractivity contribution is 7.17. The van der Waals surface area contributed by atoms with E-state index >= 15 is 0 Å². The predicted octanol–water partition coefficient (Wildman–Crippen LogP) is 3.65. The highest BCUT2D eigenvalue weighted by Gasteiger charge is 2.55. The predicted molar refractivity (Wildman–Crippen MR) is 94.8 cm³/mol. The van der Waals surface area contributed by atoms with E-state index in [1.54, 1.807) is 0 Å². The van der Waals surface area contributed by atoms with Gasteiger partial charge in [-0.1, -0.05) is 18.2 Å². The Kier molecular flexibility index (Phi) is 4.18. The molecule has 2 atom stereocenters. The number of fused-ring (bicyclic) bond motifs is 1. The molecular formula is C19H25NO2S. The van der Waals surface area contributed by atoms with Gasteiger partial charge >= 0.3 is 0 Å². The van der Waals surface area contributed by atoms with Gasteiger partial charge in [0, 0.05) is 29.7 Å². The van der Waals surface area contributed by atoms with Crippen LogP contribution in [0.4, 0.5) is 0 Å². The normalized spacial score (nSPS) is 27.4. The first-order valence-electron chi connectivity index (χ1n) is 8.70. The quantitative estimate of drug-likeness (QED) is 0.928. The summed E-state index contributed by atoms with van der Waals surface area (Å²) in [6.07, 6.45) is 3.04. The van der Waals surface area contributed by atoms with Crippen LogP contribution in [-0.4, -0.2) is 41.9 Å². The van der Waals surface area contributed by atoms with Crippen molar-refractivity contribution in [3.05, 3.63) is 35.2 Å². The second-order valence-corrected chi connectivity index (χ2v) is 7.87. The molecule has 0 bridgehead atoms. The van der Waals surface area contributed by atoms with E-state index in [0.29, 0.717) is 0 Å². The number of benzene rings is 1. The Hall–Kier alpha value is -0.940. The summed E-state index contributed by atoms with van der Waals surface area (Å²) < 4.78 is 7.24. The third-order valence-corrected chi connectivity index (χ3v) is 6.86. The Bertz CT molecular complexity index is 673. The van der Waals surface area contributed by atoms with Gasteiger partial charge in [0.2, 0.25) is 0 Å². The minimum atomic E-state index is -0.164. The molecule has 1 spiro atoms. The molecule has 1 aromatic carbocycles. The van der Waals surface area contributed by atoms with Crippen molar-refractivity contribution in [2.24, 2.45) is 5.41 Å². The Morgan fingerprint density at radius 3 is 2.83 bits per heavy atom. The van der Waals surface area contributed by atoms with E-state index in [4.69, 9.17) is 4.74 Å². The van der Waals surface area contributed by atoms with Gasteiger partial charge in [-0.2, -0.15) is 0 Å². The molecule has 1 N–H and O–H groups in total. The van der Waals surface area contributed by atoms with Crippen LogP contribution in [0.2, 0.25) is 0 Å². The van der Waals surface area contributed by atoms with Crippen LogP contribution in [0, 0.1) is 5.41 Å². The molecule has 1 saturated heterocycles. The smallest absolute Gasteiger partial charge is 0.0681 e. The number of thiophene rings is 1. The highest BCUT2D eigenvalue weighted by atomic mass is 32.1. The number of aliphatic hydroxyl groups excluding tert-OH is 1. The molecular weight excluding hydrogens is 306 g/mol. The van der Waals surface area contributed by atoms with Crippen LogP contribution in [0.3, 0.4) is 0 Å². The summed E-state index contributed by atoms with van der Waals surface area (Å²) in [7, 11) is 0. The summed E-state index contributed by atoms with van der Waals surface area (Å²) in [5.41, 5.74) is 1.47. The van der Waals surface area contributed by atoms with Crippen molar-refractivity contribution < 1.29 is 9.84 Å². The average molecular weight is 331 g/mol. The lowest BCUT2D eigenvalue weighted by Crippen LogP contribution is -2.62. The van der Waals surface area contributed by atoms with Crippen molar-refractivity contribution in [2.45, 2.75) is 44.9 Å². The van der Waals surface area contributed by atoms with E-state index in [9.17, 15) is 5.11 Å². The van der Waals surface area contributed by atoms with Crippen LogP contribution in [0.15, 0.2) is 29.6 Å².